The summed E-state index contributed by atoms with van der Waals surface area (Å²) in [4.78, 5) is 16.1. The van der Waals surface area contributed by atoms with Gasteiger partial charge < -0.3 is 14.7 Å². The second-order valence-corrected chi connectivity index (χ2v) is 7.61. The van der Waals surface area contributed by atoms with Crippen LogP contribution in [0.5, 0.6) is 0 Å². The van der Waals surface area contributed by atoms with Crippen LogP contribution in [-0.2, 0) is 11.2 Å². The smallest absolute Gasteiger partial charge is 0.412 e. The van der Waals surface area contributed by atoms with Gasteiger partial charge in [-0.15, -0.1) is 0 Å². The van der Waals surface area contributed by atoms with E-state index in [0.717, 1.165) is 44.5 Å². The van der Waals surface area contributed by atoms with Gasteiger partial charge in [-0.3, -0.25) is 4.90 Å². The van der Waals surface area contributed by atoms with Gasteiger partial charge in [0.25, 0.3) is 0 Å². The van der Waals surface area contributed by atoms with E-state index in [1.165, 1.54) is 17.0 Å². The van der Waals surface area contributed by atoms with Crippen LogP contribution in [0.15, 0.2) is 24.3 Å². The van der Waals surface area contributed by atoms with Crippen molar-refractivity contribution in [2.45, 2.75) is 57.3 Å². The molecule has 1 amide bonds. The zero-order chi connectivity index (χ0) is 18.8. The standard InChI is InChI=1S/C20H29FN2O3/c1-3-4-12-23-18(24)26-20(19(23,2)25)10-14-22(15-11-20)13-9-16-5-7-17(21)8-6-16/h5-8,25H,3-4,9-15H2,1-2H3. The molecule has 0 bridgehead atoms. The number of hydrogen-bond donors (Lipinski definition) is 1. The molecule has 5 nitrogen and oxygen atoms in total. The van der Waals surface area contributed by atoms with Gasteiger partial charge in [-0.05, 0) is 37.5 Å². The Bertz CT molecular complexity index is 624. The predicted molar refractivity (Wildman–Crippen MR) is 97.2 cm³/mol. The van der Waals surface area contributed by atoms with Crippen molar-refractivity contribution >= 4 is 6.09 Å². The molecule has 1 unspecified atom stereocenters. The number of carbonyl (C=O) groups is 1. The first-order valence-corrected chi connectivity index (χ1v) is 9.58. The van der Waals surface area contributed by atoms with Crippen LogP contribution in [0.2, 0.25) is 0 Å². The highest BCUT2D eigenvalue weighted by Gasteiger charge is 2.62. The molecule has 1 aromatic carbocycles. The van der Waals surface area contributed by atoms with Crippen molar-refractivity contribution in [3.63, 3.8) is 0 Å². The van der Waals surface area contributed by atoms with E-state index >= 15 is 0 Å². The molecule has 2 fully saturated rings. The summed E-state index contributed by atoms with van der Waals surface area (Å²) < 4.78 is 18.7. The Morgan fingerprint density at radius 1 is 1.19 bits per heavy atom. The van der Waals surface area contributed by atoms with Gasteiger partial charge in [-0.25, -0.2) is 9.18 Å². The minimum absolute atomic E-state index is 0.216. The van der Waals surface area contributed by atoms with E-state index in [9.17, 15) is 14.3 Å². The normalized spacial score (nSPS) is 25.7. The Hall–Kier alpha value is -1.66. The van der Waals surface area contributed by atoms with Crippen molar-refractivity contribution in [1.29, 1.82) is 0 Å². The van der Waals surface area contributed by atoms with Crippen molar-refractivity contribution in [3.8, 4) is 0 Å². The third kappa shape index (κ3) is 3.58. The first-order chi connectivity index (χ1) is 12.4. The number of halogens is 1. The molecule has 26 heavy (non-hydrogen) atoms. The molecule has 3 rings (SSSR count). The molecule has 2 heterocycles. The van der Waals surface area contributed by atoms with E-state index in [0.29, 0.717) is 19.4 Å². The van der Waals surface area contributed by atoms with Gasteiger partial charge in [0.05, 0.1) is 0 Å². The summed E-state index contributed by atoms with van der Waals surface area (Å²) in [7, 11) is 0. The highest BCUT2D eigenvalue weighted by Crippen LogP contribution is 2.44. The average molecular weight is 364 g/mol. The monoisotopic (exact) mass is 364 g/mol. The van der Waals surface area contributed by atoms with E-state index in [-0.39, 0.29) is 5.82 Å². The van der Waals surface area contributed by atoms with Crippen LogP contribution in [0.25, 0.3) is 0 Å². The highest BCUT2D eigenvalue weighted by atomic mass is 19.1. The maximum atomic E-state index is 13.0. The Morgan fingerprint density at radius 3 is 2.46 bits per heavy atom. The number of rotatable bonds is 6. The highest BCUT2D eigenvalue weighted by molar-refractivity contribution is 5.72. The van der Waals surface area contributed by atoms with Crippen LogP contribution in [0.1, 0.15) is 45.1 Å². The molecule has 0 saturated carbocycles. The van der Waals surface area contributed by atoms with E-state index in [2.05, 4.69) is 11.8 Å². The molecule has 0 radical (unpaired) electrons. The lowest BCUT2D eigenvalue weighted by molar-refractivity contribution is -0.165. The topological polar surface area (TPSA) is 53.0 Å². The summed E-state index contributed by atoms with van der Waals surface area (Å²) in [6.07, 6.45) is 3.51. The Morgan fingerprint density at radius 2 is 1.85 bits per heavy atom. The summed E-state index contributed by atoms with van der Waals surface area (Å²) in [5.41, 5.74) is -0.969. The van der Waals surface area contributed by atoms with Gasteiger partial charge in [-0.1, -0.05) is 25.5 Å². The number of ether oxygens (including phenoxy) is 1. The lowest BCUT2D eigenvalue weighted by Gasteiger charge is -2.45. The molecule has 1 aromatic rings. The van der Waals surface area contributed by atoms with E-state index in [4.69, 9.17) is 4.74 Å². The number of amides is 1. The predicted octanol–water partition coefficient (Wildman–Crippen LogP) is 3.16. The second-order valence-electron chi connectivity index (χ2n) is 7.61. The lowest BCUT2D eigenvalue weighted by atomic mass is 9.82. The van der Waals surface area contributed by atoms with Crippen molar-refractivity contribution in [3.05, 3.63) is 35.6 Å². The summed E-state index contributed by atoms with van der Waals surface area (Å²) in [5, 5.41) is 11.1. The van der Waals surface area contributed by atoms with Crippen LogP contribution >= 0.6 is 0 Å². The van der Waals surface area contributed by atoms with Crippen LogP contribution in [0.3, 0.4) is 0 Å². The average Bonchev–Trinajstić information content (AvgIpc) is 2.80. The molecule has 2 saturated heterocycles. The zero-order valence-electron chi connectivity index (χ0n) is 15.7. The number of benzene rings is 1. The Labute approximate surface area is 154 Å². The van der Waals surface area contributed by atoms with E-state index in [1.54, 1.807) is 6.92 Å². The number of piperidine rings is 1. The molecular weight excluding hydrogens is 335 g/mol. The van der Waals surface area contributed by atoms with E-state index in [1.807, 2.05) is 12.1 Å². The number of likely N-dealkylation sites (tertiary alicyclic amines) is 1. The number of unbranched alkanes of at least 4 members (excludes halogenated alkanes) is 1. The summed E-state index contributed by atoms with van der Waals surface area (Å²) in [5.74, 6) is -0.216. The molecule has 2 aliphatic heterocycles. The van der Waals surface area contributed by atoms with E-state index < -0.39 is 17.4 Å². The molecule has 1 N–H and O–H groups in total. The molecule has 1 spiro atoms. The molecule has 144 valence electrons. The minimum atomic E-state index is -1.26. The summed E-state index contributed by atoms with van der Waals surface area (Å²) in [6, 6.07) is 6.60. The summed E-state index contributed by atoms with van der Waals surface area (Å²) in [6.45, 7) is 6.71. The third-order valence-electron chi connectivity index (χ3n) is 5.92. The van der Waals surface area contributed by atoms with Crippen LogP contribution in [0.4, 0.5) is 9.18 Å². The fourth-order valence-electron chi connectivity index (χ4n) is 4.02. The third-order valence-corrected chi connectivity index (χ3v) is 5.92. The molecule has 1 atom stereocenters. The molecule has 0 aromatic heterocycles. The van der Waals surface area contributed by atoms with Gasteiger partial charge in [0.1, 0.15) is 5.82 Å². The number of hydrogen-bond acceptors (Lipinski definition) is 4. The maximum absolute atomic E-state index is 13.0. The Balaban J connectivity index is 1.57. The maximum Gasteiger partial charge on any atom is 0.412 e. The first kappa shape index (κ1) is 19.1. The molecule has 2 aliphatic rings. The van der Waals surface area contributed by atoms with Crippen molar-refractivity contribution < 1.29 is 19.0 Å². The van der Waals surface area contributed by atoms with Gasteiger partial charge in [0.2, 0.25) is 0 Å². The minimum Gasteiger partial charge on any atom is -0.437 e. The zero-order valence-corrected chi connectivity index (χ0v) is 15.7. The Kier molecular flexibility index (Phi) is 5.53. The van der Waals surface area contributed by atoms with Gasteiger partial charge in [-0.2, -0.15) is 0 Å². The first-order valence-electron chi connectivity index (χ1n) is 9.58. The van der Waals surface area contributed by atoms with Gasteiger partial charge >= 0.3 is 6.09 Å². The van der Waals surface area contributed by atoms with Crippen molar-refractivity contribution in [2.24, 2.45) is 0 Å². The second kappa shape index (κ2) is 7.53. The quantitative estimate of drug-likeness (QED) is 0.842. The van der Waals surface area contributed by atoms with Crippen molar-refractivity contribution in [2.75, 3.05) is 26.2 Å². The SMILES string of the molecule is CCCCN1C(=O)OC2(CCN(CCc3ccc(F)cc3)CC2)C1(C)O. The number of carbonyl (C=O) groups excluding carboxylic acids is 1. The molecule has 6 heteroatoms. The van der Waals surface area contributed by atoms with Crippen LogP contribution in [-0.4, -0.2) is 58.5 Å². The van der Waals surface area contributed by atoms with Gasteiger partial charge in [0.15, 0.2) is 11.3 Å². The summed E-state index contributed by atoms with van der Waals surface area (Å²) >= 11 is 0. The number of aliphatic hydroxyl groups is 1. The van der Waals surface area contributed by atoms with Crippen LogP contribution < -0.4 is 0 Å². The van der Waals surface area contributed by atoms with Crippen molar-refractivity contribution in [1.82, 2.24) is 9.80 Å². The largest absolute Gasteiger partial charge is 0.437 e. The lowest BCUT2D eigenvalue weighted by Crippen LogP contribution is -2.60. The molecular formula is C20H29FN2O3. The fourth-order valence-corrected chi connectivity index (χ4v) is 4.02. The van der Waals surface area contributed by atoms with Gasteiger partial charge in [0, 0.05) is 39.0 Å². The van der Waals surface area contributed by atoms with Crippen LogP contribution in [0, 0.1) is 5.82 Å². The number of nitrogens with zero attached hydrogens (tertiary/aromatic N) is 2. The fraction of sp³-hybridized carbons (Fsp3) is 0.650. The molecule has 0 aliphatic carbocycles.